The van der Waals surface area contributed by atoms with Crippen molar-refractivity contribution in [3.8, 4) is 10.4 Å². The summed E-state index contributed by atoms with van der Waals surface area (Å²) in [6.07, 6.45) is 0. The van der Waals surface area contributed by atoms with Gasteiger partial charge in [0.05, 0.1) is 12.2 Å². The lowest BCUT2D eigenvalue weighted by atomic mass is 10.1. The van der Waals surface area contributed by atoms with Crippen LogP contribution in [0, 0.1) is 13.8 Å². The van der Waals surface area contributed by atoms with Gasteiger partial charge in [-0.1, -0.05) is 6.07 Å². The lowest BCUT2D eigenvalue weighted by Gasteiger charge is -2.12. The van der Waals surface area contributed by atoms with E-state index in [1.54, 1.807) is 11.3 Å². The van der Waals surface area contributed by atoms with Crippen LogP contribution in [0.15, 0.2) is 17.5 Å². The Balaban J connectivity index is 2.11. The van der Waals surface area contributed by atoms with Crippen LogP contribution in [-0.4, -0.2) is 43.1 Å². The molecule has 21 heavy (non-hydrogen) atoms. The number of rotatable bonds is 6. The van der Waals surface area contributed by atoms with Gasteiger partial charge < -0.3 is 0 Å². The molecule has 116 valence electrons. The van der Waals surface area contributed by atoms with E-state index in [9.17, 15) is 8.42 Å². The molecule has 0 aromatic carbocycles. The van der Waals surface area contributed by atoms with E-state index in [4.69, 9.17) is 0 Å². The lowest BCUT2D eigenvalue weighted by Crippen LogP contribution is -2.37. The fraction of sp³-hybridized carbons (Fsp3) is 0.462. The molecular weight excluding hydrogens is 308 g/mol. The van der Waals surface area contributed by atoms with Gasteiger partial charge in [0, 0.05) is 36.8 Å². The minimum Gasteiger partial charge on any atom is -0.268 e. The van der Waals surface area contributed by atoms with Crippen molar-refractivity contribution in [1.29, 1.82) is 0 Å². The lowest BCUT2D eigenvalue weighted by molar-refractivity contribution is 0.496. The molecule has 0 saturated carbocycles. The first kappa shape index (κ1) is 16.2. The maximum Gasteiger partial charge on any atom is 0.278 e. The second kappa shape index (κ2) is 6.27. The van der Waals surface area contributed by atoms with E-state index in [2.05, 4.69) is 15.9 Å². The third kappa shape index (κ3) is 3.52. The van der Waals surface area contributed by atoms with Gasteiger partial charge in [-0.3, -0.25) is 4.68 Å². The molecule has 1 N–H and O–H groups in total. The van der Waals surface area contributed by atoms with E-state index in [0.717, 1.165) is 21.3 Å². The molecule has 2 aromatic rings. The largest absolute Gasteiger partial charge is 0.278 e. The Kier molecular flexibility index (Phi) is 4.82. The second-order valence-electron chi connectivity index (χ2n) is 4.93. The van der Waals surface area contributed by atoms with Crippen LogP contribution in [0.25, 0.3) is 10.4 Å². The molecule has 6 nitrogen and oxygen atoms in total. The molecular formula is C13H20N4O2S2. The molecule has 2 heterocycles. The van der Waals surface area contributed by atoms with Crippen LogP contribution in [0.3, 0.4) is 0 Å². The molecule has 0 fully saturated rings. The third-order valence-electron chi connectivity index (χ3n) is 3.24. The van der Waals surface area contributed by atoms with Crippen LogP contribution >= 0.6 is 11.3 Å². The van der Waals surface area contributed by atoms with Gasteiger partial charge in [0.1, 0.15) is 0 Å². The molecule has 0 unspecified atom stereocenters. The highest BCUT2D eigenvalue weighted by molar-refractivity contribution is 7.87. The summed E-state index contributed by atoms with van der Waals surface area (Å²) in [4.78, 5) is 1.19. The summed E-state index contributed by atoms with van der Waals surface area (Å²) in [5, 5.41) is 6.54. The van der Waals surface area contributed by atoms with Crippen molar-refractivity contribution in [3.63, 3.8) is 0 Å². The van der Waals surface area contributed by atoms with E-state index in [-0.39, 0.29) is 0 Å². The molecule has 0 saturated heterocycles. The Bertz CT molecular complexity index is 703. The van der Waals surface area contributed by atoms with E-state index in [1.807, 2.05) is 30.0 Å². The van der Waals surface area contributed by atoms with Crippen molar-refractivity contribution in [2.45, 2.75) is 20.4 Å². The summed E-state index contributed by atoms with van der Waals surface area (Å²) in [7, 11) is -0.382. The first-order valence-electron chi connectivity index (χ1n) is 6.58. The average Bonchev–Trinajstić information content (AvgIpc) is 2.98. The van der Waals surface area contributed by atoms with Crippen LogP contribution in [0.5, 0.6) is 0 Å². The van der Waals surface area contributed by atoms with Crippen LogP contribution in [0.4, 0.5) is 0 Å². The first-order valence-corrected chi connectivity index (χ1v) is 8.90. The fourth-order valence-corrected chi connectivity index (χ4v) is 3.58. The van der Waals surface area contributed by atoms with Gasteiger partial charge >= 0.3 is 0 Å². The highest BCUT2D eigenvalue weighted by Crippen LogP contribution is 2.30. The Morgan fingerprint density at radius 1 is 1.38 bits per heavy atom. The van der Waals surface area contributed by atoms with Crippen LogP contribution in [0.1, 0.15) is 11.4 Å². The van der Waals surface area contributed by atoms with Gasteiger partial charge in [0.15, 0.2) is 0 Å². The van der Waals surface area contributed by atoms with Gasteiger partial charge in [-0.2, -0.15) is 17.8 Å². The predicted octanol–water partition coefficient (Wildman–Crippen LogP) is 1.62. The number of nitrogens with zero attached hydrogens (tertiary/aromatic N) is 3. The summed E-state index contributed by atoms with van der Waals surface area (Å²) in [5.74, 6) is 0. The molecule has 2 rings (SSSR count). The van der Waals surface area contributed by atoms with Crippen LogP contribution < -0.4 is 4.72 Å². The first-order chi connectivity index (χ1) is 9.83. The van der Waals surface area contributed by atoms with Crippen molar-refractivity contribution < 1.29 is 8.42 Å². The van der Waals surface area contributed by atoms with E-state index in [1.165, 1.54) is 19.0 Å². The molecule has 0 aliphatic rings. The van der Waals surface area contributed by atoms with Crippen molar-refractivity contribution in [2.75, 3.05) is 20.6 Å². The molecule has 0 bridgehead atoms. The minimum atomic E-state index is -3.38. The van der Waals surface area contributed by atoms with Crippen LogP contribution in [-0.2, 0) is 16.8 Å². The molecule has 0 aliphatic carbocycles. The molecule has 0 atom stereocenters. The number of aryl methyl sites for hydroxylation is 1. The maximum atomic E-state index is 11.7. The quantitative estimate of drug-likeness (QED) is 0.876. The summed E-state index contributed by atoms with van der Waals surface area (Å²) < 4.78 is 28.8. The third-order valence-corrected chi connectivity index (χ3v) is 5.66. The summed E-state index contributed by atoms with van der Waals surface area (Å²) in [5.41, 5.74) is 3.16. The van der Waals surface area contributed by atoms with Crippen molar-refractivity contribution in [2.24, 2.45) is 0 Å². The Labute approximate surface area is 129 Å². The maximum absolute atomic E-state index is 11.7. The SMILES string of the molecule is Cc1nn(CCNS(=O)(=O)N(C)C)c(C)c1-c1cccs1. The number of thiophene rings is 1. The summed E-state index contributed by atoms with van der Waals surface area (Å²) in [6, 6.07) is 4.09. The zero-order chi connectivity index (χ0) is 15.6. The number of hydrogen-bond donors (Lipinski definition) is 1. The second-order valence-corrected chi connectivity index (χ2v) is 7.84. The smallest absolute Gasteiger partial charge is 0.268 e. The van der Waals surface area contributed by atoms with Crippen molar-refractivity contribution in [3.05, 3.63) is 28.9 Å². The summed E-state index contributed by atoms with van der Waals surface area (Å²) in [6.45, 7) is 4.80. The Morgan fingerprint density at radius 2 is 2.10 bits per heavy atom. The van der Waals surface area contributed by atoms with E-state index >= 15 is 0 Å². The normalized spacial score (nSPS) is 12.2. The van der Waals surface area contributed by atoms with Crippen molar-refractivity contribution >= 4 is 21.5 Å². The van der Waals surface area contributed by atoms with Gasteiger partial charge in [-0.25, -0.2) is 4.72 Å². The van der Waals surface area contributed by atoms with Gasteiger partial charge in [-0.15, -0.1) is 11.3 Å². The number of aromatic nitrogens is 2. The van der Waals surface area contributed by atoms with Gasteiger partial charge in [0.25, 0.3) is 10.2 Å². The van der Waals surface area contributed by atoms with E-state index in [0.29, 0.717) is 13.1 Å². The summed E-state index contributed by atoms with van der Waals surface area (Å²) >= 11 is 1.68. The molecule has 0 radical (unpaired) electrons. The Hall–Kier alpha value is -1.22. The zero-order valence-electron chi connectivity index (χ0n) is 12.6. The van der Waals surface area contributed by atoms with Crippen LogP contribution in [0.2, 0.25) is 0 Å². The molecule has 0 aliphatic heterocycles. The standard InChI is InChI=1S/C13H20N4O2S2/c1-10-13(12-6-5-9-20-12)11(2)17(15-10)8-7-14-21(18,19)16(3)4/h5-6,9,14H,7-8H2,1-4H3. The fourth-order valence-electron chi connectivity index (χ4n) is 2.10. The minimum absolute atomic E-state index is 0.312. The molecule has 0 amide bonds. The monoisotopic (exact) mass is 328 g/mol. The average molecular weight is 328 g/mol. The topological polar surface area (TPSA) is 67.2 Å². The van der Waals surface area contributed by atoms with Gasteiger partial charge in [-0.05, 0) is 25.3 Å². The molecule has 8 heteroatoms. The van der Waals surface area contributed by atoms with Crippen molar-refractivity contribution in [1.82, 2.24) is 18.8 Å². The van der Waals surface area contributed by atoms with Gasteiger partial charge in [0.2, 0.25) is 0 Å². The Morgan fingerprint density at radius 3 is 2.67 bits per heavy atom. The molecule has 0 spiro atoms. The highest BCUT2D eigenvalue weighted by atomic mass is 32.2. The number of hydrogen-bond acceptors (Lipinski definition) is 4. The predicted molar refractivity (Wildman–Crippen MR) is 85.6 cm³/mol. The number of nitrogens with one attached hydrogen (secondary N) is 1. The zero-order valence-corrected chi connectivity index (χ0v) is 14.3. The molecule has 2 aromatic heterocycles. The highest BCUT2D eigenvalue weighted by Gasteiger charge is 2.15. The van der Waals surface area contributed by atoms with E-state index < -0.39 is 10.2 Å².